The van der Waals surface area contributed by atoms with Crippen LogP contribution >= 0.6 is 0 Å². The van der Waals surface area contributed by atoms with Crippen LogP contribution < -0.4 is 5.32 Å². The molecule has 1 saturated heterocycles. The molecule has 1 fully saturated rings. The number of halogens is 3. The van der Waals surface area contributed by atoms with Crippen LogP contribution in [0.5, 0.6) is 0 Å². The third kappa shape index (κ3) is 4.07. The Kier molecular flexibility index (Phi) is 5.87. The van der Waals surface area contributed by atoms with Crippen LogP contribution in [-0.4, -0.2) is 61.0 Å². The number of carbonyl (C=O) groups is 1. The van der Waals surface area contributed by atoms with E-state index in [1.54, 1.807) is 0 Å². The van der Waals surface area contributed by atoms with Crippen LogP contribution in [0, 0.1) is 6.92 Å². The molecule has 1 N–H and O–H groups in total. The highest BCUT2D eigenvalue weighted by molar-refractivity contribution is 5.96. The molecule has 1 aliphatic heterocycles. The van der Waals surface area contributed by atoms with E-state index in [1.165, 1.54) is 18.7 Å². The van der Waals surface area contributed by atoms with E-state index in [4.69, 9.17) is 4.74 Å². The summed E-state index contributed by atoms with van der Waals surface area (Å²) in [4.78, 5) is 14.4. The van der Waals surface area contributed by atoms with Gasteiger partial charge in [-0.3, -0.25) is 9.48 Å². The third-order valence-electron chi connectivity index (χ3n) is 4.27. The minimum absolute atomic E-state index is 0.122. The van der Waals surface area contributed by atoms with E-state index >= 15 is 0 Å². The summed E-state index contributed by atoms with van der Waals surface area (Å²) in [5, 5.41) is 6.21. The first-order chi connectivity index (χ1) is 11.3. The number of hydrogen-bond donors (Lipinski definition) is 1. The smallest absolute Gasteiger partial charge is 0.383 e. The molecule has 1 aromatic heterocycles. The van der Waals surface area contributed by atoms with Crippen molar-refractivity contribution in [3.8, 4) is 0 Å². The molecule has 1 amide bonds. The minimum atomic E-state index is -4.67. The number of ether oxygens (including phenoxy) is 1. The van der Waals surface area contributed by atoms with Gasteiger partial charge in [-0.25, -0.2) is 0 Å². The second-order valence-corrected chi connectivity index (χ2v) is 6.03. The van der Waals surface area contributed by atoms with Crippen LogP contribution in [0.3, 0.4) is 0 Å². The van der Waals surface area contributed by atoms with Gasteiger partial charge in [0, 0.05) is 19.3 Å². The van der Waals surface area contributed by atoms with Crippen molar-refractivity contribution in [1.29, 1.82) is 0 Å². The fourth-order valence-electron chi connectivity index (χ4n) is 2.94. The zero-order chi connectivity index (χ0) is 17.9. The van der Waals surface area contributed by atoms with Gasteiger partial charge in [0.25, 0.3) is 5.91 Å². The van der Waals surface area contributed by atoms with E-state index in [0.29, 0.717) is 12.8 Å². The Balaban J connectivity index is 2.32. The van der Waals surface area contributed by atoms with Gasteiger partial charge in [0.05, 0.1) is 18.2 Å². The van der Waals surface area contributed by atoms with Crippen LogP contribution in [0.1, 0.15) is 40.6 Å². The molecule has 0 radical (unpaired) electrons. The van der Waals surface area contributed by atoms with Crippen molar-refractivity contribution < 1.29 is 22.7 Å². The molecule has 0 unspecified atom stereocenters. The molecule has 0 atom stereocenters. The number of alkyl halides is 3. The molecule has 2 rings (SSSR count). The van der Waals surface area contributed by atoms with E-state index in [9.17, 15) is 18.0 Å². The molecule has 0 aliphatic carbocycles. The normalized spacial score (nSPS) is 17.2. The molecule has 0 aromatic carbocycles. The summed E-state index contributed by atoms with van der Waals surface area (Å²) in [5.74, 6) is -0.768. The Morgan fingerprint density at radius 1 is 1.38 bits per heavy atom. The number of amides is 1. The average molecular weight is 348 g/mol. The summed E-state index contributed by atoms with van der Waals surface area (Å²) < 4.78 is 46.2. The van der Waals surface area contributed by atoms with Gasteiger partial charge in [-0.2, -0.15) is 18.3 Å². The topological polar surface area (TPSA) is 59.4 Å². The van der Waals surface area contributed by atoms with Crippen molar-refractivity contribution in [2.24, 2.45) is 0 Å². The van der Waals surface area contributed by atoms with Gasteiger partial charge in [-0.1, -0.05) is 0 Å². The van der Waals surface area contributed by atoms with Gasteiger partial charge in [0.15, 0.2) is 5.69 Å². The molecule has 0 spiro atoms. The number of aromatic nitrogens is 2. The average Bonchev–Trinajstić information content (AvgIpc) is 2.86. The summed E-state index contributed by atoms with van der Waals surface area (Å²) in [5.41, 5.74) is -1.25. The second kappa shape index (κ2) is 7.52. The first kappa shape index (κ1) is 18.7. The second-order valence-electron chi connectivity index (χ2n) is 6.03. The largest absolute Gasteiger partial charge is 0.435 e. The molecule has 1 aromatic rings. The number of nitrogens with one attached hydrogen (secondary N) is 1. The maximum atomic E-state index is 13.3. The lowest BCUT2D eigenvalue weighted by atomic mass is 10.1. The Morgan fingerprint density at radius 3 is 2.54 bits per heavy atom. The lowest BCUT2D eigenvalue weighted by Crippen LogP contribution is -2.32. The van der Waals surface area contributed by atoms with Gasteiger partial charge < -0.3 is 15.0 Å². The van der Waals surface area contributed by atoms with Crippen molar-refractivity contribution in [2.45, 2.75) is 32.0 Å². The van der Waals surface area contributed by atoms with Crippen LogP contribution in [0.4, 0.5) is 13.2 Å². The molecule has 0 saturated carbocycles. The highest BCUT2D eigenvalue weighted by atomic mass is 19.4. The lowest BCUT2D eigenvalue weighted by Gasteiger charge is -2.29. The van der Waals surface area contributed by atoms with Crippen molar-refractivity contribution in [3.05, 3.63) is 17.0 Å². The fourth-order valence-corrected chi connectivity index (χ4v) is 2.94. The zero-order valence-electron chi connectivity index (χ0n) is 14.1. The van der Waals surface area contributed by atoms with Crippen molar-refractivity contribution in [3.63, 3.8) is 0 Å². The van der Waals surface area contributed by atoms with Gasteiger partial charge >= 0.3 is 6.18 Å². The van der Waals surface area contributed by atoms with E-state index in [2.05, 4.69) is 15.3 Å². The predicted octanol–water partition coefficient (Wildman–Crippen LogP) is 1.85. The monoisotopic (exact) mass is 348 g/mol. The fraction of sp³-hybridized carbons (Fsp3) is 0.733. The molecule has 24 heavy (non-hydrogen) atoms. The van der Waals surface area contributed by atoms with E-state index < -0.39 is 23.3 Å². The molecule has 1 aliphatic rings. The first-order valence-corrected chi connectivity index (χ1v) is 7.87. The molecule has 6 nitrogen and oxygen atoms in total. The molecular weight excluding hydrogens is 325 g/mol. The predicted molar refractivity (Wildman–Crippen MR) is 81.9 cm³/mol. The number of methoxy groups -OCH3 is 1. The number of piperidine rings is 1. The quantitative estimate of drug-likeness (QED) is 0.825. The van der Waals surface area contributed by atoms with Gasteiger partial charge in [0.1, 0.15) is 0 Å². The van der Waals surface area contributed by atoms with E-state index in [1.807, 2.05) is 7.05 Å². The van der Waals surface area contributed by atoms with Crippen molar-refractivity contribution >= 4 is 5.91 Å². The van der Waals surface area contributed by atoms with Crippen molar-refractivity contribution in [1.82, 2.24) is 20.0 Å². The Hall–Kier alpha value is -1.61. The van der Waals surface area contributed by atoms with E-state index in [0.717, 1.165) is 13.1 Å². The van der Waals surface area contributed by atoms with Crippen LogP contribution in [0.15, 0.2) is 0 Å². The van der Waals surface area contributed by atoms with Crippen LogP contribution in [0.2, 0.25) is 0 Å². The SMILES string of the molecule is COCCNC(=O)c1c(C(F)(F)F)nn(C2CCN(C)CC2)c1C. The number of likely N-dealkylation sites (tertiary alicyclic amines) is 1. The molecular formula is C15H23F3N4O2. The summed E-state index contributed by atoms with van der Waals surface area (Å²) in [7, 11) is 3.43. The van der Waals surface area contributed by atoms with Crippen LogP contribution in [0.25, 0.3) is 0 Å². The number of hydrogen-bond acceptors (Lipinski definition) is 4. The Morgan fingerprint density at radius 2 is 2.00 bits per heavy atom. The molecule has 136 valence electrons. The molecule has 0 bridgehead atoms. The summed E-state index contributed by atoms with van der Waals surface area (Å²) in [6.07, 6.45) is -3.25. The summed E-state index contributed by atoms with van der Waals surface area (Å²) in [6, 6.07) is -0.122. The summed E-state index contributed by atoms with van der Waals surface area (Å²) >= 11 is 0. The standard InChI is InChI=1S/C15H23F3N4O2/c1-10-12(14(23)19-6-9-24-3)13(15(16,17)18)20-22(10)11-4-7-21(2)8-5-11/h11H,4-9H2,1-3H3,(H,19,23). The summed E-state index contributed by atoms with van der Waals surface area (Å²) in [6.45, 7) is 3.48. The molecule has 2 heterocycles. The molecule has 9 heteroatoms. The third-order valence-corrected chi connectivity index (χ3v) is 4.27. The number of nitrogens with zero attached hydrogens (tertiary/aromatic N) is 3. The number of carbonyl (C=O) groups excluding carboxylic acids is 1. The maximum absolute atomic E-state index is 13.3. The van der Waals surface area contributed by atoms with Crippen molar-refractivity contribution in [2.75, 3.05) is 40.4 Å². The highest BCUT2D eigenvalue weighted by Gasteiger charge is 2.41. The number of rotatable bonds is 5. The minimum Gasteiger partial charge on any atom is -0.383 e. The maximum Gasteiger partial charge on any atom is 0.435 e. The van der Waals surface area contributed by atoms with Crippen LogP contribution in [-0.2, 0) is 10.9 Å². The van der Waals surface area contributed by atoms with E-state index in [-0.39, 0.29) is 24.9 Å². The van der Waals surface area contributed by atoms with Gasteiger partial charge in [0.2, 0.25) is 0 Å². The Bertz CT molecular complexity index is 578. The van der Waals surface area contributed by atoms with Gasteiger partial charge in [-0.05, 0) is 39.9 Å². The lowest BCUT2D eigenvalue weighted by molar-refractivity contribution is -0.141. The van der Waals surface area contributed by atoms with Gasteiger partial charge in [-0.15, -0.1) is 0 Å². The first-order valence-electron chi connectivity index (χ1n) is 7.87. The Labute approximate surface area is 138 Å². The highest BCUT2D eigenvalue weighted by Crippen LogP contribution is 2.34. The zero-order valence-corrected chi connectivity index (χ0v) is 14.1.